The van der Waals surface area contributed by atoms with Gasteiger partial charge in [0.25, 0.3) is 0 Å². The quantitative estimate of drug-likeness (QED) is 0.417. The highest BCUT2D eigenvalue weighted by molar-refractivity contribution is 5.81. The topological polar surface area (TPSA) is 26.3 Å². The van der Waals surface area contributed by atoms with E-state index in [0.29, 0.717) is 0 Å². The van der Waals surface area contributed by atoms with Crippen molar-refractivity contribution < 1.29 is 35.9 Å². The Kier molecular flexibility index (Phi) is 3.72. The van der Waals surface area contributed by atoms with E-state index in [2.05, 4.69) is 4.74 Å². The highest BCUT2D eigenvalue weighted by atomic mass is 19.3. The zero-order chi connectivity index (χ0) is 18.8. The lowest BCUT2D eigenvalue weighted by Crippen LogP contribution is -2.71. The molecule has 0 N–H and O–H groups in total. The van der Waals surface area contributed by atoms with Gasteiger partial charge in [-0.3, -0.25) is 4.79 Å². The molecule has 25 heavy (non-hydrogen) atoms. The molecule has 138 valence electrons. The first-order valence-corrected chi connectivity index (χ1v) is 7.82. The van der Waals surface area contributed by atoms with Crippen molar-refractivity contribution >= 4 is 5.97 Å². The lowest BCUT2D eigenvalue weighted by Gasteiger charge is -2.58. The number of esters is 1. The summed E-state index contributed by atoms with van der Waals surface area (Å²) in [6, 6.07) is 2.01. The first-order chi connectivity index (χ1) is 11.4. The van der Waals surface area contributed by atoms with Crippen molar-refractivity contribution in [2.24, 2.45) is 10.8 Å². The highest BCUT2D eigenvalue weighted by Crippen LogP contribution is 2.70. The Labute approximate surface area is 140 Å². The fraction of sp³-hybridized carbons (Fsp3) is 0.588. The summed E-state index contributed by atoms with van der Waals surface area (Å²) in [6.45, 7) is 2.34. The Bertz CT molecular complexity index is 735. The van der Waals surface area contributed by atoms with Gasteiger partial charge in [0.05, 0.1) is 0 Å². The van der Waals surface area contributed by atoms with E-state index < -0.39 is 58.9 Å². The maximum absolute atomic E-state index is 14.6. The largest absolute Gasteiger partial charge is 0.423 e. The van der Waals surface area contributed by atoms with E-state index in [1.165, 1.54) is 6.92 Å². The molecule has 0 amide bonds. The standard InChI is InChI=1S/C17H16F6O2/c1-9-3-4-10(12(19)11(9)18)25-13(24)15-7-5-14(2,6-8-15)16(20,21)17(15,22)23/h3-4H,5-8H2,1-2H3. The van der Waals surface area contributed by atoms with E-state index in [0.717, 1.165) is 19.1 Å². The van der Waals surface area contributed by atoms with Gasteiger partial charge in [-0.2, -0.15) is 22.0 Å². The number of carbonyl (C=O) groups is 1. The van der Waals surface area contributed by atoms with E-state index in [4.69, 9.17) is 0 Å². The SMILES string of the molecule is Cc1ccc(OC(=O)C23CCC(C)(CC2)C(F)(F)C3(F)F)c(F)c1F. The van der Waals surface area contributed by atoms with Crippen molar-refractivity contribution in [3.63, 3.8) is 0 Å². The van der Waals surface area contributed by atoms with Gasteiger partial charge in [-0.25, -0.2) is 4.39 Å². The van der Waals surface area contributed by atoms with E-state index in [9.17, 15) is 31.1 Å². The Morgan fingerprint density at radius 1 is 0.960 bits per heavy atom. The van der Waals surface area contributed by atoms with Gasteiger partial charge in [-0.1, -0.05) is 13.0 Å². The normalized spacial score (nSPS) is 32.5. The molecule has 0 saturated heterocycles. The van der Waals surface area contributed by atoms with Crippen LogP contribution in [0.3, 0.4) is 0 Å². The highest BCUT2D eigenvalue weighted by Gasteiger charge is 2.82. The Balaban J connectivity index is 1.98. The van der Waals surface area contributed by atoms with Crippen LogP contribution in [0.5, 0.6) is 5.75 Å². The second-order valence-electron chi connectivity index (χ2n) is 7.19. The fourth-order valence-corrected chi connectivity index (χ4v) is 3.77. The molecule has 3 saturated carbocycles. The first-order valence-electron chi connectivity index (χ1n) is 7.82. The van der Waals surface area contributed by atoms with Crippen molar-refractivity contribution in [3.8, 4) is 5.75 Å². The number of hydrogen-bond acceptors (Lipinski definition) is 2. The molecule has 0 spiro atoms. The van der Waals surface area contributed by atoms with Gasteiger partial charge in [-0.15, -0.1) is 0 Å². The zero-order valence-corrected chi connectivity index (χ0v) is 13.6. The molecule has 1 aromatic carbocycles. The van der Waals surface area contributed by atoms with Crippen molar-refractivity contribution in [3.05, 3.63) is 29.3 Å². The van der Waals surface area contributed by atoms with Crippen molar-refractivity contribution in [2.75, 3.05) is 0 Å². The van der Waals surface area contributed by atoms with Crippen LogP contribution in [0.4, 0.5) is 26.3 Å². The Morgan fingerprint density at radius 2 is 1.52 bits per heavy atom. The van der Waals surface area contributed by atoms with Gasteiger partial charge in [0, 0.05) is 5.41 Å². The van der Waals surface area contributed by atoms with Crippen LogP contribution in [0, 0.1) is 29.4 Å². The molecule has 4 rings (SSSR count). The van der Waals surface area contributed by atoms with Crippen LogP contribution in [-0.4, -0.2) is 17.8 Å². The molecule has 3 aliphatic carbocycles. The van der Waals surface area contributed by atoms with Crippen LogP contribution in [0.25, 0.3) is 0 Å². The summed E-state index contributed by atoms with van der Waals surface area (Å²) >= 11 is 0. The molecule has 3 aliphatic rings. The minimum Gasteiger partial charge on any atom is -0.423 e. The first kappa shape index (κ1) is 18.1. The molecule has 0 atom stereocenters. The van der Waals surface area contributed by atoms with Crippen LogP contribution in [0.15, 0.2) is 12.1 Å². The van der Waals surface area contributed by atoms with E-state index in [1.807, 2.05) is 0 Å². The molecule has 2 bridgehead atoms. The van der Waals surface area contributed by atoms with E-state index in [1.54, 1.807) is 0 Å². The van der Waals surface area contributed by atoms with Crippen molar-refractivity contribution in [1.29, 1.82) is 0 Å². The smallest absolute Gasteiger partial charge is 0.326 e. The third-order valence-corrected chi connectivity index (χ3v) is 5.79. The van der Waals surface area contributed by atoms with E-state index >= 15 is 0 Å². The number of carbonyl (C=O) groups excluding carboxylic acids is 1. The summed E-state index contributed by atoms with van der Waals surface area (Å²) in [7, 11) is 0. The van der Waals surface area contributed by atoms with Gasteiger partial charge < -0.3 is 4.74 Å². The van der Waals surface area contributed by atoms with Crippen molar-refractivity contribution in [1.82, 2.24) is 0 Å². The molecule has 2 nitrogen and oxygen atoms in total. The maximum Gasteiger partial charge on any atom is 0.326 e. The predicted molar refractivity (Wildman–Crippen MR) is 75.6 cm³/mol. The van der Waals surface area contributed by atoms with Gasteiger partial charge in [0.15, 0.2) is 11.6 Å². The van der Waals surface area contributed by atoms with Crippen LogP contribution in [0.2, 0.25) is 0 Å². The zero-order valence-electron chi connectivity index (χ0n) is 13.6. The average molecular weight is 366 g/mol. The summed E-state index contributed by atoms with van der Waals surface area (Å²) in [5.41, 5.74) is -4.72. The number of rotatable bonds is 2. The van der Waals surface area contributed by atoms with Crippen LogP contribution < -0.4 is 4.74 Å². The molecule has 8 heteroatoms. The number of fused-ring (bicyclic) bond motifs is 3. The molecule has 0 aliphatic heterocycles. The monoisotopic (exact) mass is 366 g/mol. The van der Waals surface area contributed by atoms with Gasteiger partial charge in [0.2, 0.25) is 5.82 Å². The Hall–Kier alpha value is -1.73. The summed E-state index contributed by atoms with van der Waals surface area (Å²) < 4.78 is 89.8. The molecular weight excluding hydrogens is 350 g/mol. The number of ether oxygens (including phenoxy) is 1. The van der Waals surface area contributed by atoms with Gasteiger partial charge >= 0.3 is 17.8 Å². The summed E-state index contributed by atoms with van der Waals surface area (Å²) in [4.78, 5) is 12.4. The fourth-order valence-electron chi connectivity index (χ4n) is 3.77. The number of alkyl halides is 4. The molecule has 0 heterocycles. The average Bonchev–Trinajstić information content (AvgIpc) is 2.54. The van der Waals surface area contributed by atoms with Crippen LogP contribution >= 0.6 is 0 Å². The molecular formula is C17H16F6O2. The lowest BCUT2D eigenvalue weighted by atomic mass is 9.50. The molecule has 0 aromatic heterocycles. The van der Waals surface area contributed by atoms with Crippen molar-refractivity contribution in [2.45, 2.75) is 51.4 Å². The van der Waals surface area contributed by atoms with Gasteiger partial charge in [0.1, 0.15) is 5.41 Å². The number of halogens is 6. The minimum atomic E-state index is -4.64. The molecule has 0 radical (unpaired) electrons. The number of hydrogen-bond donors (Lipinski definition) is 0. The molecule has 3 fully saturated rings. The van der Waals surface area contributed by atoms with Crippen LogP contribution in [0.1, 0.15) is 38.2 Å². The third kappa shape index (κ3) is 2.08. The van der Waals surface area contributed by atoms with E-state index in [-0.39, 0.29) is 18.4 Å². The Morgan fingerprint density at radius 3 is 2.08 bits per heavy atom. The molecule has 0 unspecified atom stereocenters. The predicted octanol–water partition coefficient (Wildman–Crippen LogP) is 5.03. The number of aryl methyl sites for hydroxylation is 1. The minimum absolute atomic E-state index is 0.0709. The van der Waals surface area contributed by atoms with Crippen LogP contribution in [-0.2, 0) is 4.79 Å². The summed E-state index contributed by atoms with van der Waals surface area (Å²) in [5, 5.41) is 0. The van der Waals surface area contributed by atoms with Gasteiger partial charge in [-0.05, 0) is 44.2 Å². The molecule has 1 aromatic rings. The maximum atomic E-state index is 14.6. The second-order valence-corrected chi connectivity index (χ2v) is 7.19. The third-order valence-electron chi connectivity index (χ3n) is 5.79. The summed E-state index contributed by atoms with van der Waals surface area (Å²) in [6.07, 6.45) is -1.56. The summed E-state index contributed by atoms with van der Waals surface area (Å²) in [5.74, 6) is -14.4. The lowest BCUT2D eigenvalue weighted by molar-refractivity contribution is -0.356. The second kappa shape index (κ2) is 5.14. The number of benzene rings is 1.